The molecule has 0 amide bonds. The van der Waals surface area contributed by atoms with Crippen LogP contribution in [-0.2, 0) is 9.31 Å². The molecule has 1 unspecified atom stereocenters. The first-order valence-corrected chi connectivity index (χ1v) is 20.0. The normalized spacial score (nSPS) is 16.0. The fourth-order valence-electron chi connectivity index (χ4n) is 7.82. The van der Waals surface area contributed by atoms with Crippen molar-refractivity contribution >= 4 is 33.5 Å². The van der Waals surface area contributed by atoms with E-state index in [1.807, 2.05) is 85.8 Å². The molecule has 1 aromatic heterocycles. The molecule has 1 fully saturated rings. The van der Waals surface area contributed by atoms with Gasteiger partial charge in [-0.2, -0.15) is 30.7 Å². The predicted octanol–water partition coefficient (Wildman–Crippen LogP) is 12.7. The van der Waals surface area contributed by atoms with Crippen LogP contribution in [0.1, 0.15) is 72.9 Å². The van der Waals surface area contributed by atoms with E-state index in [4.69, 9.17) is 14.3 Å². The second-order valence-electron chi connectivity index (χ2n) is 15.0. The van der Waals surface area contributed by atoms with Crippen molar-refractivity contribution in [3.8, 4) is 22.4 Å². The van der Waals surface area contributed by atoms with Crippen LogP contribution < -0.4 is 0 Å². The molecule has 1 atom stereocenters. The molecule has 2 aliphatic rings. The Labute approximate surface area is 336 Å². The molecular formula is C45H43BF7N2O2P. The van der Waals surface area contributed by atoms with Gasteiger partial charge in [0.1, 0.15) is 13.2 Å². The topological polar surface area (TPSA) is 35.8 Å². The van der Waals surface area contributed by atoms with E-state index in [0.29, 0.717) is 57.4 Å². The summed E-state index contributed by atoms with van der Waals surface area (Å²) in [6.45, 7) is -1.55. The zero-order chi connectivity index (χ0) is 41.1. The van der Waals surface area contributed by atoms with E-state index >= 15 is 0 Å². The van der Waals surface area contributed by atoms with Crippen molar-refractivity contribution in [2.75, 3.05) is 13.2 Å². The first kappa shape index (κ1) is 41.6. The quantitative estimate of drug-likeness (QED) is 0.0636. The van der Waals surface area contributed by atoms with Gasteiger partial charge in [0.25, 0.3) is 5.66 Å². The second kappa shape index (κ2) is 17.4. The molecule has 13 heteroatoms. The minimum Gasteiger partial charge on any atom is -0.385 e. The monoisotopic (exact) mass is 818 g/mol. The molecular weight excluding hydrogens is 775 g/mol. The lowest BCUT2D eigenvalue weighted by Gasteiger charge is -2.27. The molecule has 7 rings (SSSR count). The van der Waals surface area contributed by atoms with Crippen LogP contribution in [0.2, 0.25) is 0 Å². The Morgan fingerprint density at radius 3 is 1.91 bits per heavy atom. The summed E-state index contributed by atoms with van der Waals surface area (Å²) < 4.78 is 112. The number of aryl methyl sites for hydroxylation is 1. The number of benzene rings is 4. The van der Waals surface area contributed by atoms with Crippen LogP contribution in [0.3, 0.4) is 0 Å². The number of hydrogen-bond acceptors (Lipinski definition) is 3. The minimum absolute atomic E-state index is 0.298. The molecule has 5 aromatic rings. The highest BCUT2D eigenvalue weighted by atomic mass is 31.0. The summed E-state index contributed by atoms with van der Waals surface area (Å²) in [7, 11) is -0.842. The smallest absolute Gasteiger partial charge is 0.385 e. The second-order valence-corrected chi connectivity index (χ2v) is 15.9. The summed E-state index contributed by atoms with van der Waals surface area (Å²) in [6.07, 6.45) is 0.510. The largest absolute Gasteiger partial charge is 0.598 e. The average molecular weight is 819 g/mol. The number of fused-ring (bicyclic) bond motifs is 1. The van der Waals surface area contributed by atoms with Gasteiger partial charge in [-0.15, -0.1) is 0 Å². The van der Waals surface area contributed by atoms with Crippen molar-refractivity contribution in [3.63, 3.8) is 0 Å². The van der Waals surface area contributed by atoms with Crippen molar-refractivity contribution in [3.05, 3.63) is 143 Å². The van der Waals surface area contributed by atoms with Crippen molar-refractivity contribution in [2.45, 2.75) is 69.6 Å². The third-order valence-corrected chi connectivity index (χ3v) is 10.9. The van der Waals surface area contributed by atoms with E-state index in [-0.39, 0.29) is 0 Å². The van der Waals surface area contributed by atoms with Crippen LogP contribution in [0.4, 0.5) is 30.7 Å². The van der Waals surface area contributed by atoms with Gasteiger partial charge in [-0.05, 0) is 42.9 Å². The van der Waals surface area contributed by atoms with E-state index < -0.39 is 38.2 Å². The van der Waals surface area contributed by atoms with Crippen LogP contribution in [0.25, 0.3) is 33.7 Å². The van der Waals surface area contributed by atoms with Gasteiger partial charge in [0.15, 0.2) is 0 Å². The Kier molecular flexibility index (Phi) is 12.5. The van der Waals surface area contributed by atoms with E-state index in [1.54, 1.807) is 36.4 Å². The number of halogens is 7. The van der Waals surface area contributed by atoms with Gasteiger partial charge in [0.2, 0.25) is 0 Å². The molecule has 4 aromatic carbocycles. The zero-order valence-corrected chi connectivity index (χ0v) is 33.1. The lowest BCUT2D eigenvalue weighted by atomic mass is 9.83. The molecule has 1 saturated carbocycles. The standard InChI is InChI=1S/C45H43BF7N2O2P/c1-30-21-24-34(25-22-30)40-35-19-11-12-20-36(35)41(54-40)37(26-23-31-13-5-2-6-14-31)42-38(32-15-7-3-8-16-32)27-39(33-17-9-4-10-18-33)55(42)46(57-29-44(49,50)58)56-28-43(47,48)45(51,52)53/h3-4,7-12,15-22,24-25,27,31H,2,5-6,13-14,23,26,28-29,58H2,1H3/b41-37-. The number of aromatic nitrogens is 1. The first-order chi connectivity index (χ1) is 27.7. The Morgan fingerprint density at radius 2 is 1.29 bits per heavy atom. The maximum atomic E-state index is 14.7. The molecule has 58 heavy (non-hydrogen) atoms. The number of aliphatic imine (C=N–C) groups is 1. The molecule has 1 aliphatic carbocycles. The Bertz CT molecular complexity index is 2250. The SMILES string of the molecule is Cc1ccc(C2=N/C(=C(/CCC3CCCCC3)c3c(-c4ccccc4)cc(-c4ccccc4)n3B(OCC(F)(F)P)OCC(F)(F)C(F)(F)F)c3ccccc32)cc1. The summed E-state index contributed by atoms with van der Waals surface area (Å²) in [5.41, 5.74) is 4.38. The summed E-state index contributed by atoms with van der Waals surface area (Å²) in [4.78, 5) is 5.33. The van der Waals surface area contributed by atoms with E-state index in [9.17, 15) is 30.7 Å². The molecule has 0 bridgehead atoms. The van der Waals surface area contributed by atoms with Crippen LogP contribution in [0.15, 0.2) is 120 Å². The third-order valence-electron chi connectivity index (χ3n) is 10.7. The number of alkyl halides is 7. The number of allylic oxidation sites excluding steroid dienone is 1. The van der Waals surface area contributed by atoms with Crippen molar-refractivity contribution in [1.29, 1.82) is 0 Å². The molecule has 0 spiro atoms. The minimum atomic E-state index is -5.97. The van der Waals surface area contributed by atoms with Gasteiger partial charge < -0.3 is 13.8 Å². The van der Waals surface area contributed by atoms with Crippen LogP contribution in [0, 0.1) is 12.8 Å². The van der Waals surface area contributed by atoms with Gasteiger partial charge in [0, 0.05) is 39.2 Å². The van der Waals surface area contributed by atoms with E-state index in [1.165, 1.54) is 13.7 Å². The molecule has 4 nitrogen and oxygen atoms in total. The lowest BCUT2D eigenvalue weighted by molar-refractivity contribution is -0.291. The van der Waals surface area contributed by atoms with Crippen LogP contribution in [-0.4, -0.2) is 48.4 Å². The molecule has 0 radical (unpaired) electrons. The summed E-state index contributed by atoms with van der Waals surface area (Å²) in [6, 6.07) is 35.4. The van der Waals surface area contributed by atoms with Crippen LogP contribution in [0.5, 0.6) is 0 Å². The lowest BCUT2D eigenvalue weighted by Crippen LogP contribution is -2.46. The van der Waals surface area contributed by atoms with Crippen molar-refractivity contribution in [1.82, 2.24) is 4.48 Å². The Balaban J connectivity index is 1.55. The molecule has 302 valence electrons. The zero-order valence-electron chi connectivity index (χ0n) is 31.9. The predicted molar refractivity (Wildman–Crippen MR) is 220 cm³/mol. The van der Waals surface area contributed by atoms with Crippen LogP contribution >= 0.6 is 9.24 Å². The van der Waals surface area contributed by atoms with E-state index in [2.05, 4.69) is 0 Å². The van der Waals surface area contributed by atoms with Gasteiger partial charge >= 0.3 is 19.4 Å². The third kappa shape index (κ3) is 9.35. The maximum absolute atomic E-state index is 14.7. The fourth-order valence-corrected chi connectivity index (χ4v) is 7.92. The molecule has 0 saturated heterocycles. The molecule has 2 heterocycles. The highest BCUT2D eigenvalue weighted by Crippen LogP contribution is 2.46. The van der Waals surface area contributed by atoms with Crippen molar-refractivity contribution in [2.24, 2.45) is 10.9 Å². The van der Waals surface area contributed by atoms with Gasteiger partial charge in [-0.25, -0.2) is 4.99 Å². The number of nitrogens with zero attached hydrogens (tertiary/aromatic N) is 2. The van der Waals surface area contributed by atoms with E-state index in [0.717, 1.165) is 60.8 Å². The summed E-state index contributed by atoms with van der Waals surface area (Å²) in [5.74, 6) is -4.95. The highest BCUT2D eigenvalue weighted by molar-refractivity contribution is 7.18. The number of hydrogen-bond donors (Lipinski definition) is 0. The summed E-state index contributed by atoms with van der Waals surface area (Å²) >= 11 is 0. The first-order valence-electron chi connectivity index (χ1n) is 19.4. The fraction of sp³-hybridized carbons (Fsp3) is 0.311. The van der Waals surface area contributed by atoms with Gasteiger partial charge in [-0.3, -0.25) is 0 Å². The summed E-state index contributed by atoms with van der Waals surface area (Å²) in [5, 5.41) is 0. The number of rotatable bonds is 14. The van der Waals surface area contributed by atoms with Crippen molar-refractivity contribution < 1.29 is 40.0 Å². The Hall–Kier alpha value is -4.51. The maximum Gasteiger partial charge on any atom is 0.598 e. The Morgan fingerprint density at radius 1 is 0.707 bits per heavy atom. The average Bonchev–Trinajstić information content (AvgIpc) is 3.79. The van der Waals surface area contributed by atoms with Gasteiger partial charge in [-0.1, -0.05) is 156 Å². The van der Waals surface area contributed by atoms with Gasteiger partial charge in [0.05, 0.1) is 11.4 Å². The molecule has 0 N–H and O–H groups in total. The molecule has 1 aliphatic heterocycles. The highest BCUT2D eigenvalue weighted by Gasteiger charge is 2.58.